The second-order valence-corrected chi connectivity index (χ2v) is 4.77. The molecule has 2 amide bonds. The SMILES string of the molecule is NCC(CN1CCN2C(=O)NCC2C1)C(F)(F)F. The molecule has 5 nitrogen and oxygen atoms in total. The van der Waals surface area contributed by atoms with Gasteiger partial charge in [0.05, 0.1) is 12.0 Å². The van der Waals surface area contributed by atoms with E-state index >= 15 is 0 Å². The highest BCUT2D eigenvalue weighted by atomic mass is 19.4. The van der Waals surface area contributed by atoms with E-state index in [1.165, 1.54) is 0 Å². The Labute approximate surface area is 103 Å². The van der Waals surface area contributed by atoms with Crippen molar-refractivity contribution in [2.24, 2.45) is 11.7 Å². The van der Waals surface area contributed by atoms with Gasteiger partial charge < -0.3 is 16.0 Å². The van der Waals surface area contributed by atoms with Crippen LogP contribution < -0.4 is 11.1 Å². The summed E-state index contributed by atoms with van der Waals surface area (Å²) in [4.78, 5) is 14.8. The van der Waals surface area contributed by atoms with Gasteiger partial charge in [0.15, 0.2) is 0 Å². The van der Waals surface area contributed by atoms with Crippen LogP contribution in [-0.2, 0) is 0 Å². The third kappa shape index (κ3) is 2.69. The lowest BCUT2D eigenvalue weighted by Gasteiger charge is -2.38. The summed E-state index contributed by atoms with van der Waals surface area (Å²) in [5, 5.41) is 2.69. The molecular formula is C10H17F3N4O. The molecule has 2 atom stereocenters. The highest BCUT2D eigenvalue weighted by molar-refractivity contribution is 5.77. The van der Waals surface area contributed by atoms with Crippen LogP contribution in [0.3, 0.4) is 0 Å². The van der Waals surface area contributed by atoms with E-state index < -0.39 is 18.6 Å². The van der Waals surface area contributed by atoms with Crippen molar-refractivity contribution in [2.45, 2.75) is 12.2 Å². The molecule has 0 saturated carbocycles. The minimum Gasteiger partial charge on any atom is -0.336 e. The lowest BCUT2D eigenvalue weighted by molar-refractivity contribution is -0.177. The third-order valence-corrected chi connectivity index (χ3v) is 3.54. The van der Waals surface area contributed by atoms with E-state index in [1.54, 1.807) is 9.80 Å². The van der Waals surface area contributed by atoms with Gasteiger partial charge in [-0.05, 0) is 0 Å². The first-order chi connectivity index (χ1) is 8.41. The van der Waals surface area contributed by atoms with E-state index in [9.17, 15) is 18.0 Å². The molecule has 0 aromatic rings. The first-order valence-electron chi connectivity index (χ1n) is 5.95. The second kappa shape index (κ2) is 4.93. The minimum atomic E-state index is -4.25. The lowest BCUT2D eigenvalue weighted by atomic mass is 10.1. The van der Waals surface area contributed by atoms with Crippen molar-refractivity contribution in [3.63, 3.8) is 0 Å². The van der Waals surface area contributed by atoms with E-state index in [2.05, 4.69) is 5.32 Å². The Morgan fingerprint density at radius 2 is 2.17 bits per heavy atom. The normalized spacial score (nSPS) is 27.0. The average Bonchev–Trinajstić information content (AvgIpc) is 2.66. The Morgan fingerprint density at radius 1 is 1.44 bits per heavy atom. The number of nitrogens with one attached hydrogen (secondary N) is 1. The first kappa shape index (κ1) is 13.4. The van der Waals surface area contributed by atoms with E-state index in [-0.39, 0.29) is 18.6 Å². The predicted octanol–water partition coefficient (Wildman–Crippen LogP) is -0.167. The number of alkyl halides is 3. The monoisotopic (exact) mass is 266 g/mol. The maximum absolute atomic E-state index is 12.6. The van der Waals surface area contributed by atoms with Crippen LogP contribution in [0.2, 0.25) is 0 Å². The van der Waals surface area contributed by atoms with Gasteiger partial charge in [-0.25, -0.2) is 4.79 Å². The Hall–Kier alpha value is -1.02. The van der Waals surface area contributed by atoms with Crippen molar-refractivity contribution in [2.75, 3.05) is 39.3 Å². The van der Waals surface area contributed by atoms with Crippen molar-refractivity contribution in [3.05, 3.63) is 0 Å². The standard InChI is InChI=1S/C10H17F3N4O/c11-10(12,13)7(3-14)5-16-1-2-17-8(6-16)4-15-9(17)18/h7-8H,1-6,14H2,(H,15,18). The molecule has 18 heavy (non-hydrogen) atoms. The van der Waals surface area contributed by atoms with Crippen LogP contribution in [0, 0.1) is 5.92 Å². The molecule has 2 fully saturated rings. The summed E-state index contributed by atoms with van der Waals surface area (Å²) in [6.45, 7) is 1.45. The topological polar surface area (TPSA) is 61.6 Å². The number of nitrogens with zero attached hydrogens (tertiary/aromatic N) is 2. The molecule has 0 aliphatic carbocycles. The van der Waals surface area contributed by atoms with Crippen LogP contribution in [-0.4, -0.2) is 67.3 Å². The Bertz CT molecular complexity index is 323. The molecule has 2 heterocycles. The zero-order chi connectivity index (χ0) is 13.3. The number of nitrogens with two attached hydrogens (primary N) is 1. The number of amides is 2. The lowest BCUT2D eigenvalue weighted by Crippen LogP contribution is -2.54. The highest BCUT2D eigenvalue weighted by Crippen LogP contribution is 2.27. The quantitative estimate of drug-likeness (QED) is 0.746. The summed E-state index contributed by atoms with van der Waals surface area (Å²) in [6.07, 6.45) is -4.25. The molecular weight excluding hydrogens is 249 g/mol. The molecule has 0 aromatic carbocycles. The molecule has 2 unspecified atom stereocenters. The van der Waals surface area contributed by atoms with Crippen molar-refractivity contribution in [1.82, 2.24) is 15.1 Å². The van der Waals surface area contributed by atoms with Crippen LogP contribution in [0.1, 0.15) is 0 Å². The van der Waals surface area contributed by atoms with Gasteiger partial charge in [0.1, 0.15) is 0 Å². The molecule has 104 valence electrons. The zero-order valence-electron chi connectivity index (χ0n) is 9.91. The fourth-order valence-corrected chi connectivity index (χ4v) is 2.46. The number of carbonyl (C=O) groups excluding carboxylic acids is 1. The van der Waals surface area contributed by atoms with Gasteiger partial charge >= 0.3 is 12.2 Å². The maximum Gasteiger partial charge on any atom is 0.394 e. The molecule has 0 bridgehead atoms. The maximum atomic E-state index is 12.6. The summed E-state index contributed by atoms with van der Waals surface area (Å²) in [5.74, 6) is -1.49. The van der Waals surface area contributed by atoms with E-state index in [4.69, 9.17) is 5.73 Å². The van der Waals surface area contributed by atoms with E-state index in [0.717, 1.165) is 0 Å². The number of hydrogen-bond donors (Lipinski definition) is 2. The molecule has 2 aliphatic rings. The van der Waals surface area contributed by atoms with Gasteiger partial charge in [0, 0.05) is 39.3 Å². The zero-order valence-corrected chi connectivity index (χ0v) is 9.91. The van der Waals surface area contributed by atoms with Gasteiger partial charge in [-0.3, -0.25) is 4.90 Å². The molecule has 0 spiro atoms. The van der Waals surface area contributed by atoms with Crippen LogP contribution in [0.5, 0.6) is 0 Å². The molecule has 2 rings (SSSR count). The van der Waals surface area contributed by atoms with E-state index in [1.807, 2.05) is 0 Å². The summed E-state index contributed by atoms with van der Waals surface area (Å²) in [6, 6.07) is -0.135. The number of rotatable bonds is 3. The van der Waals surface area contributed by atoms with Gasteiger partial charge in [-0.2, -0.15) is 13.2 Å². The Balaban J connectivity index is 1.90. The largest absolute Gasteiger partial charge is 0.394 e. The van der Waals surface area contributed by atoms with Crippen LogP contribution in [0.25, 0.3) is 0 Å². The van der Waals surface area contributed by atoms with Gasteiger partial charge in [-0.15, -0.1) is 0 Å². The predicted molar refractivity (Wildman–Crippen MR) is 58.9 cm³/mol. The van der Waals surface area contributed by atoms with Crippen LogP contribution >= 0.6 is 0 Å². The molecule has 0 radical (unpaired) electrons. The number of piperazine rings is 1. The third-order valence-electron chi connectivity index (χ3n) is 3.54. The molecule has 3 N–H and O–H groups in total. The summed E-state index contributed by atoms with van der Waals surface area (Å²) >= 11 is 0. The van der Waals surface area contributed by atoms with Crippen molar-refractivity contribution >= 4 is 6.03 Å². The highest BCUT2D eigenvalue weighted by Gasteiger charge is 2.42. The molecule has 0 aromatic heterocycles. The summed E-state index contributed by atoms with van der Waals surface area (Å²) in [5.41, 5.74) is 5.18. The number of carbonyl (C=O) groups is 1. The van der Waals surface area contributed by atoms with Crippen molar-refractivity contribution in [1.29, 1.82) is 0 Å². The van der Waals surface area contributed by atoms with Gasteiger partial charge in [0.2, 0.25) is 0 Å². The van der Waals surface area contributed by atoms with Crippen LogP contribution in [0.15, 0.2) is 0 Å². The van der Waals surface area contributed by atoms with Crippen molar-refractivity contribution < 1.29 is 18.0 Å². The fourth-order valence-electron chi connectivity index (χ4n) is 2.46. The first-order valence-corrected chi connectivity index (χ1v) is 5.95. The molecule has 2 aliphatic heterocycles. The fraction of sp³-hybridized carbons (Fsp3) is 0.900. The summed E-state index contributed by atoms with van der Waals surface area (Å²) < 4.78 is 37.9. The van der Waals surface area contributed by atoms with Crippen molar-refractivity contribution in [3.8, 4) is 0 Å². The summed E-state index contributed by atoms with van der Waals surface area (Å²) in [7, 11) is 0. The average molecular weight is 266 g/mol. The Kier molecular flexibility index (Phi) is 3.67. The van der Waals surface area contributed by atoms with Crippen LogP contribution in [0.4, 0.5) is 18.0 Å². The van der Waals surface area contributed by atoms with Gasteiger partial charge in [0.25, 0.3) is 0 Å². The number of hydrogen-bond acceptors (Lipinski definition) is 3. The molecule has 8 heteroatoms. The van der Waals surface area contributed by atoms with Gasteiger partial charge in [-0.1, -0.05) is 0 Å². The second-order valence-electron chi connectivity index (χ2n) is 4.77. The smallest absolute Gasteiger partial charge is 0.336 e. The minimum absolute atomic E-state index is 0.0158. The number of fused-ring (bicyclic) bond motifs is 1. The number of halogens is 3. The Morgan fingerprint density at radius 3 is 2.78 bits per heavy atom. The van der Waals surface area contributed by atoms with E-state index in [0.29, 0.717) is 26.2 Å². The molecule has 2 saturated heterocycles. The number of urea groups is 1.